The number of rotatable bonds is 14. The third-order valence-electron chi connectivity index (χ3n) is 9.27. The van der Waals surface area contributed by atoms with E-state index in [0.717, 1.165) is 95.8 Å². The number of hydrogen-bond acceptors (Lipinski definition) is 0. The lowest BCUT2D eigenvalue weighted by atomic mass is 8.30. The van der Waals surface area contributed by atoms with E-state index >= 15 is 0 Å². The lowest BCUT2D eigenvalue weighted by molar-refractivity contribution is 3.25. The van der Waals surface area contributed by atoms with Crippen LogP contribution in [-0.4, -0.2) is 227 Å². The summed E-state index contributed by atoms with van der Waals surface area (Å²) in [5, 5.41) is 0. The summed E-state index contributed by atoms with van der Waals surface area (Å²) in [6.45, 7) is 0. The first-order valence-electron chi connectivity index (χ1n) is 14.5. The van der Waals surface area contributed by atoms with Crippen molar-refractivity contribution < 1.29 is 0 Å². The minimum atomic E-state index is 0.722. The molecule has 0 aromatic heterocycles. The molecule has 0 radical (unpaired) electrons. The maximum absolute atomic E-state index is 2.58. The van der Waals surface area contributed by atoms with Crippen molar-refractivity contribution in [3.05, 3.63) is 0 Å². The molecule has 0 rings (SSSR count). The highest BCUT2D eigenvalue weighted by Crippen LogP contribution is 2.15. The molecule has 0 amide bonds. The van der Waals surface area contributed by atoms with Crippen LogP contribution in [0.3, 0.4) is 0 Å². The Bertz CT molecular complexity index is 434. The first-order chi connectivity index (χ1) is 14.5. The lowest BCUT2D eigenvalue weighted by Gasteiger charge is -2.50. The van der Waals surface area contributed by atoms with E-state index in [4.69, 9.17) is 0 Å². The van der Waals surface area contributed by atoms with Crippen molar-refractivity contribution in [3.8, 4) is 0 Å². The van der Waals surface area contributed by atoms with Gasteiger partial charge in [0.2, 0.25) is 0 Å². The summed E-state index contributed by atoms with van der Waals surface area (Å²) in [5.41, 5.74) is 0. The molecule has 0 aliphatic rings. The summed E-state index contributed by atoms with van der Waals surface area (Å²) in [7, 11) is 42.8. The molecule has 0 saturated heterocycles. The van der Waals surface area contributed by atoms with Gasteiger partial charge in [0.15, 0.2) is 0 Å². The molecule has 0 heterocycles. The largest absolute Gasteiger partial charge is 0.0552 e. The fourth-order valence-electron chi connectivity index (χ4n) is 8.36. The Morgan fingerprint density at radius 2 is 0.375 bits per heavy atom. The Morgan fingerprint density at radius 3 is 0.531 bits per heavy atom. The van der Waals surface area contributed by atoms with E-state index < -0.39 is 0 Å². The Morgan fingerprint density at radius 1 is 0.188 bits per heavy atom. The van der Waals surface area contributed by atoms with E-state index in [1.807, 2.05) is 0 Å². The average molecular weight is 380 g/mol. The quantitative estimate of drug-likeness (QED) is 0.263. The second kappa shape index (κ2) is 15.4. The highest BCUT2D eigenvalue weighted by atomic mass is 13.3. The van der Waals surface area contributed by atoms with Crippen molar-refractivity contribution in [2.45, 2.75) is 0 Å². The molecule has 0 nitrogen and oxygen atoms in total. The molecular weight excluding hydrogens is 346 g/mol. The van der Waals surface area contributed by atoms with Gasteiger partial charge in [-0.3, -0.25) is 0 Å². The standard InChI is InChI=1S/B32H34/c1-18(2)26(17)30(25(15)16)32(29(23(11)12)24(13)14)31(27(19(3)4)20(5)6)28(21(7)8)22(9)10/h1-17H2. The Labute approximate surface area is 226 Å². The third-order valence-corrected chi connectivity index (χ3v) is 9.27. The zero-order valence-electron chi connectivity index (χ0n) is 25.7. The van der Waals surface area contributed by atoms with Crippen LogP contribution in [0.1, 0.15) is 0 Å². The van der Waals surface area contributed by atoms with Gasteiger partial charge >= 0.3 is 0 Å². The van der Waals surface area contributed by atoms with Crippen LogP contribution in [-0.2, 0) is 0 Å². The summed E-state index contributed by atoms with van der Waals surface area (Å²) in [6, 6.07) is 0. The van der Waals surface area contributed by atoms with Crippen LogP contribution in [0.4, 0.5) is 0 Å². The van der Waals surface area contributed by atoms with Crippen LogP contribution in [0, 0.1) is 0 Å². The second-order valence-corrected chi connectivity index (χ2v) is 14.3. The fourth-order valence-corrected chi connectivity index (χ4v) is 8.36. The topological polar surface area (TPSA) is 0 Å². The summed E-state index contributed by atoms with van der Waals surface area (Å²) < 4.78 is 0. The Balaban J connectivity index is 7.33. The highest BCUT2D eigenvalue weighted by Gasteiger charge is 2.54. The summed E-state index contributed by atoms with van der Waals surface area (Å²) in [6.07, 6.45) is 11.2. The molecule has 0 aromatic rings. The molecular formula is H34B32. The van der Waals surface area contributed by atoms with Gasteiger partial charge in [0.25, 0.3) is 0 Å². The van der Waals surface area contributed by atoms with Gasteiger partial charge in [-0.05, 0) is 0 Å². The van der Waals surface area contributed by atoms with E-state index in [2.05, 4.69) is 132 Å². The molecule has 32 heteroatoms. The van der Waals surface area contributed by atoms with E-state index in [1.165, 1.54) is 0 Å². The molecule has 0 spiro atoms. The maximum atomic E-state index is 2.58. The van der Waals surface area contributed by atoms with Gasteiger partial charge in [-0.15, -0.1) is 0 Å². The van der Waals surface area contributed by atoms with Gasteiger partial charge in [0.1, 0.15) is 0 Å². The first-order valence-corrected chi connectivity index (χ1v) is 14.5. The molecule has 0 atom stereocenters. The molecule has 0 aliphatic carbocycles. The van der Waals surface area contributed by atoms with Gasteiger partial charge in [0, 0.05) is 95.8 Å². The van der Waals surface area contributed by atoms with E-state index in [1.54, 1.807) is 0 Å². The molecule has 130 valence electrons. The van der Waals surface area contributed by atoms with Crippen LogP contribution < -0.4 is 0 Å². The van der Waals surface area contributed by atoms with Crippen molar-refractivity contribution in [1.29, 1.82) is 0 Å². The van der Waals surface area contributed by atoms with Crippen molar-refractivity contribution in [3.63, 3.8) is 0 Å². The predicted octanol–water partition coefficient (Wildman–Crippen LogP) is -21.3. The van der Waals surface area contributed by atoms with Crippen LogP contribution >= 0.6 is 0 Å². The van der Waals surface area contributed by atoms with Gasteiger partial charge < -0.3 is 0 Å². The molecule has 0 fully saturated rings. The SMILES string of the molecule is BB(B)B(B)B(B(B)B)B(B(B(B)B)B(B)B)B(B(B(B)B)B(B)B)B(B(B)B)B(B)B. The Kier molecular flexibility index (Phi) is 16.4. The van der Waals surface area contributed by atoms with Gasteiger partial charge in [-0.25, -0.2) is 0 Å². The van der Waals surface area contributed by atoms with E-state index in [9.17, 15) is 0 Å². The monoisotopic (exact) mass is 387 g/mol. The second-order valence-electron chi connectivity index (χ2n) is 14.3. The highest BCUT2D eigenvalue weighted by molar-refractivity contribution is 8.28. The molecule has 0 bridgehead atoms. The zero-order chi connectivity index (χ0) is 25.7. The minimum absolute atomic E-state index is 0.722. The van der Waals surface area contributed by atoms with Crippen molar-refractivity contribution >= 4 is 227 Å². The van der Waals surface area contributed by atoms with Crippen LogP contribution in [0.5, 0.6) is 0 Å². The van der Waals surface area contributed by atoms with Crippen molar-refractivity contribution in [1.82, 2.24) is 0 Å². The first kappa shape index (κ1) is 34.1. The maximum Gasteiger partial charge on any atom is 0.0552 e. The van der Waals surface area contributed by atoms with Gasteiger partial charge in [-0.2, -0.15) is 0 Å². The van der Waals surface area contributed by atoms with E-state index in [-0.39, 0.29) is 0 Å². The van der Waals surface area contributed by atoms with Gasteiger partial charge in [-0.1, -0.05) is 0 Å². The molecule has 0 N–H and O–H groups in total. The fraction of sp³-hybridized carbons (Fsp3) is 0. The predicted molar refractivity (Wildman–Crippen MR) is 232 cm³/mol. The van der Waals surface area contributed by atoms with Crippen molar-refractivity contribution in [2.75, 3.05) is 0 Å². The normalized spacial score (nSPS) is 9.50. The van der Waals surface area contributed by atoms with Crippen LogP contribution in [0.15, 0.2) is 0 Å². The molecule has 0 unspecified atom stereocenters. The minimum Gasteiger partial charge on any atom is 0.000198 e. The molecule has 0 aromatic carbocycles. The van der Waals surface area contributed by atoms with Crippen molar-refractivity contribution in [2.24, 2.45) is 0 Å². The van der Waals surface area contributed by atoms with Crippen LogP contribution in [0.25, 0.3) is 0 Å². The van der Waals surface area contributed by atoms with Crippen LogP contribution in [0.2, 0.25) is 0 Å². The lowest BCUT2D eigenvalue weighted by Crippen LogP contribution is -2.89. The van der Waals surface area contributed by atoms with E-state index in [0.29, 0.717) is 0 Å². The summed E-state index contributed by atoms with van der Waals surface area (Å²) in [4.78, 5) is 0. The molecule has 0 aliphatic heterocycles. The third kappa shape index (κ3) is 9.19. The average Bonchev–Trinajstić information content (AvgIpc) is 2.57. The molecule has 32 heavy (non-hydrogen) atoms. The van der Waals surface area contributed by atoms with Gasteiger partial charge in [0.05, 0.1) is 132 Å². The number of hydrogen-bond donors (Lipinski definition) is 0. The summed E-state index contributed by atoms with van der Waals surface area (Å²) in [5.74, 6) is 0. The molecule has 0 saturated carbocycles. The summed E-state index contributed by atoms with van der Waals surface area (Å²) >= 11 is 0. The smallest absolute Gasteiger partial charge is 0.000198 e. The Hall–Kier alpha value is 2.08. The zero-order valence-corrected chi connectivity index (χ0v) is 25.7.